The van der Waals surface area contributed by atoms with Crippen LogP contribution in [0.1, 0.15) is 11.1 Å². The molecular weight excluding hydrogens is 256 g/mol. The number of pyridine rings is 1. The monoisotopic (exact) mass is 272 g/mol. The van der Waals surface area contributed by atoms with Gasteiger partial charge in [0.25, 0.3) is 0 Å². The van der Waals surface area contributed by atoms with Crippen LogP contribution < -0.4 is 5.32 Å². The summed E-state index contributed by atoms with van der Waals surface area (Å²) in [7, 11) is 0. The molecule has 0 aliphatic rings. The molecule has 0 aliphatic carbocycles. The third-order valence-electron chi connectivity index (χ3n) is 2.63. The second-order valence-corrected chi connectivity index (χ2v) is 5.28. The predicted octanol–water partition coefficient (Wildman–Crippen LogP) is 2.80. The fraction of sp³-hybridized carbons (Fsp3) is 0.200. The molecule has 0 radical (unpaired) electrons. The highest BCUT2D eigenvalue weighted by Crippen LogP contribution is 2.17. The first-order chi connectivity index (χ1) is 9.24. The Labute approximate surface area is 117 Å². The summed E-state index contributed by atoms with van der Waals surface area (Å²) in [4.78, 5) is 16.8. The molecule has 2 rings (SSSR count). The predicted molar refractivity (Wildman–Crippen MR) is 78.0 cm³/mol. The van der Waals surface area contributed by atoms with E-state index in [4.69, 9.17) is 0 Å². The maximum atomic E-state index is 11.7. The highest BCUT2D eigenvalue weighted by molar-refractivity contribution is 8.00. The number of aromatic nitrogens is 1. The van der Waals surface area contributed by atoms with Crippen LogP contribution in [0.3, 0.4) is 0 Å². The zero-order valence-corrected chi connectivity index (χ0v) is 11.6. The Kier molecular flexibility index (Phi) is 4.98. The summed E-state index contributed by atoms with van der Waals surface area (Å²) in [5.41, 5.74) is 2.29. The van der Waals surface area contributed by atoms with E-state index in [2.05, 4.69) is 29.4 Å². The topological polar surface area (TPSA) is 42.0 Å². The molecule has 1 N–H and O–H groups in total. The zero-order valence-electron chi connectivity index (χ0n) is 10.8. The van der Waals surface area contributed by atoms with Gasteiger partial charge in [-0.3, -0.25) is 9.78 Å². The normalized spacial score (nSPS) is 10.2. The number of carbonyl (C=O) groups excluding carboxylic acids is 1. The zero-order chi connectivity index (χ0) is 13.5. The van der Waals surface area contributed by atoms with Gasteiger partial charge in [0.15, 0.2) is 0 Å². The van der Waals surface area contributed by atoms with Gasteiger partial charge in [-0.25, -0.2) is 0 Å². The third kappa shape index (κ3) is 4.75. The summed E-state index contributed by atoms with van der Waals surface area (Å²) in [5, 5.41) is 2.89. The standard InChI is InChI=1S/C15H16N2OS/c1-12-2-4-14(5-3-12)19-11-15(18)17-10-13-6-8-16-9-7-13/h2-9H,10-11H2,1H3,(H,17,18). The molecule has 0 saturated heterocycles. The Hall–Kier alpha value is -1.81. The van der Waals surface area contributed by atoms with E-state index in [0.717, 1.165) is 10.5 Å². The van der Waals surface area contributed by atoms with Crippen LogP contribution in [0.15, 0.2) is 53.7 Å². The molecule has 0 atom stereocenters. The molecule has 0 unspecified atom stereocenters. The van der Waals surface area contributed by atoms with E-state index in [0.29, 0.717) is 12.3 Å². The number of hydrogen-bond donors (Lipinski definition) is 1. The van der Waals surface area contributed by atoms with Gasteiger partial charge in [-0.1, -0.05) is 17.7 Å². The fourth-order valence-electron chi connectivity index (χ4n) is 1.54. The molecule has 98 valence electrons. The van der Waals surface area contributed by atoms with Crippen LogP contribution >= 0.6 is 11.8 Å². The van der Waals surface area contributed by atoms with Gasteiger partial charge >= 0.3 is 0 Å². The second-order valence-electron chi connectivity index (χ2n) is 4.23. The fourth-order valence-corrected chi connectivity index (χ4v) is 2.26. The lowest BCUT2D eigenvalue weighted by Gasteiger charge is -2.05. The van der Waals surface area contributed by atoms with E-state index in [1.165, 1.54) is 5.56 Å². The van der Waals surface area contributed by atoms with Crippen molar-refractivity contribution in [3.05, 3.63) is 59.9 Å². The lowest BCUT2D eigenvalue weighted by atomic mass is 10.2. The van der Waals surface area contributed by atoms with Crippen molar-refractivity contribution in [2.75, 3.05) is 5.75 Å². The second kappa shape index (κ2) is 6.95. The number of aryl methyl sites for hydroxylation is 1. The van der Waals surface area contributed by atoms with Gasteiger partial charge in [-0.05, 0) is 36.8 Å². The summed E-state index contributed by atoms with van der Waals surface area (Å²) in [5.74, 6) is 0.483. The van der Waals surface area contributed by atoms with Crippen LogP contribution in [0, 0.1) is 6.92 Å². The van der Waals surface area contributed by atoms with Gasteiger partial charge in [0.1, 0.15) is 0 Å². The maximum absolute atomic E-state index is 11.7. The summed E-state index contributed by atoms with van der Waals surface area (Å²) in [6, 6.07) is 12.0. The molecule has 0 saturated carbocycles. The van der Waals surface area contributed by atoms with Crippen molar-refractivity contribution in [2.24, 2.45) is 0 Å². The quantitative estimate of drug-likeness (QED) is 0.851. The molecule has 0 bridgehead atoms. The average Bonchev–Trinajstić information content (AvgIpc) is 2.45. The van der Waals surface area contributed by atoms with E-state index < -0.39 is 0 Å². The van der Waals surface area contributed by atoms with Gasteiger partial charge in [-0.15, -0.1) is 11.8 Å². The first-order valence-electron chi connectivity index (χ1n) is 6.09. The molecule has 4 heteroatoms. The van der Waals surface area contributed by atoms with Crippen molar-refractivity contribution in [3.63, 3.8) is 0 Å². The van der Waals surface area contributed by atoms with Crippen LogP contribution in [0.2, 0.25) is 0 Å². The van der Waals surface area contributed by atoms with Gasteiger partial charge in [0.2, 0.25) is 5.91 Å². The van der Waals surface area contributed by atoms with Crippen molar-refractivity contribution < 1.29 is 4.79 Å². The molecule has 1 amide bonds. The van der Waals surface area contributed by atoms with E-state index in [1.807, 2.05) is 24.3 Å². The van der Waals surface area contributed by atoms with E-state index in [1.54, 1.807) is 24.2 Å². The van der Waals surface area contributed by atoms with E-state index in [-0.39, 0.29) is 5.91 Å². The molecule has 2 aromatic rings. The minimum Gasteiger partial charge on any atom is -0.351 e. The third-order valence-corrected chi connectivity index (χ3v) is 3.64. The minimum absolute atomic E-state index is 0.0439. The van der Waals surface area contributed by atoms with Crippen LogP contribution in [0.5, 0.6) is 0 Å². The van der Waals surface area contributed by atoms with Crippen LogP contribution in [0.4, 0.5) is 0 Å². The molecule has 3 nitrogen and oxygen atoms in total. The molecule has 19 heavy (non-hydrogen) atoms. The van der Waals surface area contributed by atoms with Crippen molar-refractivity contribution in [1.82, 2.24) is 10.3 Å². The molecule has 0 aliphatic heterocycles. The molecule has 1 aromatic carbocycles. The Morgan fingerprint density at radius 1 is 1.16 bits per heavy atom. The number of rotatable bonds is 5. The van der Waals surface area contributed by atoms with Crippen LogP contribution in [-0.4, -0.2) is 16.6 Å². The Morgan fingerprint density at radius 2 is 1.84 bits per heavy atom. The summed E-state index contributed by atoms with van der Waals surface area (Å²) < 4.78 is 0. The number of carbonyl (C=O) groups is 1. The lowest BCUT2D eigenvalue weighted by molar-refractivity contribution is -0.118. The van der Waals surface area contributed by atoms with E-state index >= 15 is 0 Å². The number of thioether (sulfide) groups is 1. The molecule has 0 spiro atoms. The summed E-state index contributed by atoms with van der Waals surface area (Å²) in [6.07, 6.45) is 3.45. The Bertz CT molecular complexity index is 526. The summed E-state index contributed by atoms with van der Waals surface area (Å²) >= 11 is 1.55. The highest BCUT2D eigenvalue weighted by atomic mass is 32.2. The first kappa shape index (κ1) is 13.6. The first-order valence-corrected chi connectivity index (χ1v) is 7.07. The number of hydrogen-bond acceptors (Lipinski definition) is 3. The Morgan fingerprint density at radius 3 is 2.53 bits per heavy atom. The largest absolute Gasteiger partial charge is 0.351 e. The summed E-state index contributed by atoms with van der Waals surface area (Å²) in [6.45, 7) is 2.60. The Balaban J connectivity index is 1.74. The van der Waals surface area contributed by atoms with E-state index in [9.17, 15) is 4.79 Å². The van der Waals surface area contributed by atoms with Crippen molar-refractivity contribution in [3.8, 4) is 0 Å². The molecule has 1 heterocycles. The van der Waals surface area contributed by atoms with Gasteiger partial charge in [-0.2, -0.15) is 0 Å². The van der Waals surface area contributed by atoms with Gasteiger partial charge in [0, 0.05) is 23.8 Å². The smallest absolute Gasteiger partial charge is 0.230 e. The van der Waals surface area contributed by atoms with Crippen molar-refractivity contribution in [1.29, 1.82) is 0 Å². The minimum atomic E-state index is 0.0439. The van der Waals surface area contributed by atoms with Crippen molar-refractivity contribution in [2.45, 2.75) is 18.4 Å². The van der Waals surface area contributed by atoms with Gasteiger partial charge in [0.05, 0.1) is 5.75 Å². The average molecular weight is 272 g/mol. The van der Waals surface area contributed by atoms with Gasteiger partial charge < -0.3 is 5.32 Å². The molecular formula is C15H16N2OS. The highest BCUT2D eigenvalue weighted by Gasteiger charge is 2.02. The molecule has 0 fully saturated rings. The SMILES string of the molecule is Cc1ccc(SCC(=O)NCc2ccncc2)cc1. The molecule has 1 aromatic heterocycles. The number of nitrogens with one attached hydrogen (secondary N) is 1. The van der Waals surface area contributed by atoms with Crippen LogP contribution in [-0.2, 0) is 11.3 Å². The van der Waals surface area contributed by atoms with Crippen molar-refractivity contribution >= 4 is 17.7 Å². The number of nitrogens with zero attached hydrogens (tertiary/aromatic N) is 1. The number of amides is 1. The maximum Gasteiger partial charge on any atom is 0.230 e. The van der Waals surface area contributed by atoms with Crippen LogP contribution in [0.25, 0.3) is 0 Å². The number of benzene rings is 1. The lowest BCUT2D eigenvalue weighted by Crippen LogP contribution is -2.24.